The molecule has 0 spiro atoms. The lowest BCUT2D eigenvalue weighted by atomic mass is 9.88. The summed E-state index contributed by atoms with van der Waals surface area (Å²) in [6.07, 6.45) is 5.41. The average molecular weight is 324 g/mol. The van der Waals surface area contributed by atoms with Gasteiger partial charge in [0.1, 0.15) is 0 Å². The van der Waals surface area contributed by atoms with Gasteiger partial charge in [0.15, 0.2) is 5.96 Å². The number of guanidine groups is 1. The Morgan fingerprint density at radius 1 is 1.26 bits per heavy atom. The third-order valence-electron chi connectivity index (χ3n) is 5.52. The van der Waals surface area contributed by atoms with Crippen LogP contribution in [0.4, 0.5) is 0 Å². The summed E-state index contributed by atoms with van der Waals surface area (Å²) >= 11 is 0. The van der Waals surface area contributed by atoms with Gasteiger partial charge in [-0.2, -0.15) is 0 Å². The molecule has 3 saturated heterocycles. The molecule has 6 nitrogen and oxygen atoms in total. The highest BCUT2D eigenvalue weighted by Gasteiger charge is 2.39. The fourth-order valence-corrected chi connectivity index (χ4v) is 4.10. The molecule has 0 unspecified atom stereocenters. The monoisotopic (exact) mass is 324 g/mol. The topological polar surface area (TPSA) is 60.3 Å². The minimum atomic E-state index is -0.213. The summed E-state index contributed by atoms with van der Waals surface area (Å²) < 4.78 is 5.62. The molecule has 0 aromatic rings. The number of aliphatic hydroxyl groups excluding tert-OH is 1. The van der Waals surface area contributed by atoms with Crippen LogP contribution in [0.3, 0.4) is 0 Å². The van der Waals surface area contributed by atoms with Crippen LogP contribution in [0.25, 0.3) is 0 Å². The second-order valence-electron chi connectivity index (χ2n) is 7.09. The average Bonchev–Trinajstić information content (AvgIpc) is 3.24. The molecule has 1 atom stereocenters. The molecule has 0 radical (unpaired) electrons. The quantitative estimate of drug-likeness (QED) is 0.588. The molecule has 2 N–H and O–H groups in total. The van der Waals surface area contributed by atoms with Gasteiger partial charge in [-0.3, -0.25) is 9.89 Å². The van der Waals surface area contributed by atoms with E-state index in [-0.39, 0.29) is 11.6 Å². The fraction of sp³-hybridized carbons (Fsp3) is 0.941. The minimum absolute atomic E-state index is 0.174. The normalized spacial score (nSPS) is 29.2. The van der Waals surface area contributed by atoms with E-state index in [4.69, 9.17) is 9.73 Å². The molecule has 3 aliphatic heterocycles. The first-order valence-corrected chi connectivity index (χ1v) is 9.28. The van der Waals surface area contributed by atoms with Crippen LogP contribution in [-0.2, 0) is 4.74 Å². The summed E-state index contributed by atoms with van der Waals surface area (Å²) in [4.78, 5) is 9.85. The number of nitrogens with one attached hydrogen (secondary N) is 1. The predicted octanol–water partition coefficient (Wildman–Crippen LogP) is 0.664. The molecule has 0 aromatic heterocycles. The zero-order valence-electron chi connectivity index (χ0n) is 14.5. The molecular formula is C17H32N4O2. The van der Waals surface area contributed by atoms with Crippen LogP contribution in [0.5, 0.6) is 0 Å². The number of hydrogen-bond donors (Lipinski definition) is 2. The van der Waals surface area contributed by atoms with E-state index in [0.29, 0.717) is 6.54 Å². The third kappa shape index (κ3) is 3.98. The van der Waals surface area contributed by atoms with Crippen LogP contribution < -0.4 is 5.32 Å². The molecule has 3 rings (SSSR count). The summed E-state index contributed by atoms with van der Waals surface area (Å²) in [5.41, 5.74) is 0.174. The van der Waals surface area contributed by atoms with Crippen LogP contribution in [0, 0.1) is 0 Å². The van der Waals surface area contributed by atoms with Gasteiger partial charge in [-0.25, -0.2) is 0 Å². The molecule has 0 bridgehead atoms. The highest BCUT2D eigenvalue weighted by molar-refractivity contribution is 5.80. The Bertz CT molecular complexity index is 403. The Balaban J connectivity index is 1.71. The molecule has 6 heteroatoms. The highest BCUT2D eigenvalue weighted by atomic mass is 16.5. The molecule has 0 aliphatic carbocycles. The van der Waals surface area contributed by atoms with E-state index >= 15 is 0 Å². The van der Waals surface area contributed by atoms with Gasteiger partial charge in [0.25, 0.3) is 0 Å². The van der Waals surface area contributed by atoms with Crippen LogP contribution in [-0.4, -0.2) is 85.0 Å². The van der Waals surface area contributed by atoms with Crippen molar-refractivity contribution in [2.24, 2.45) is 4.99 Å². The number of hydrogen-bond acceptors (Lipinski definition) is 4. The van der Waals surface area contributed by atoms with Gasteiger partial charge in [-0.15, -0.1) is 0 Å². The molecule has 3 aliphatic rings. The molecule has 0 saturated carbocycles. The van der Waals surface area contributed by atoms with Crippen LogP contribution in [0.2, 0.25) is 0 Å². The van der Waals surface area contributed by atoms with Crippen molar-refractivity contribution in [3.05, 3.63) is 0 Å². The number of nitrogens with zero attached hydrogens (tertiary/aromatic N) is 3. The maximum Gasteiger partial charge on any atom is 0.194 e. The molecule has 0 amide bonds. The van der Waals surface area contributed by atoms with E-state index in [9.17, 15) is 5.11 Å². The first-order chi connectivity index (χ1) is 11.2. The Hall–Kier alpha value is -0.850. The first-order valence-electron chi connectivity index (χ1n) is 9.28. The first kappa shape index (κ1) is 17.0. The van der Waals surface area contributed by atoms with E-state index in [2.05, 4.69) is 22.0 Å². The summed E-state index contributed by atoms with van der Waals surface area (Å²) in [6.45, 7) is 9.51. The van der Waals surface area contributed by atoms with Gasteiger partial charge in [-0.05, 0) is 52.1 Å². The zero-order chi connectivity index (χ0) is 16.1. The Morgan fingerprint density at radius 3 is 2.61 bits per heavy atom. The van der Waals surface area contributed by atoms with Gasteiger partial charge in [0, 0.05) is 38.4 Å². The predicted molar refractivity (Wildman–Crippen MR) is 91.8 cm³/mol. The van der Waals surface area contributed by atoms with Crippen molar-refractivity contribution in [1.82, 2.24) is 15.1 Å². The van der Waals surface area contributed by atoms with Crippen molar-refractivity contribution >= 4 is 5.96 Å². The van der Waals surface area contributed by atoms with Crippen LogP contribution >= 0.6 is 0 Å². The number of aliphatic imine (C=N–C) groups is 1. The standard InChI is InChI=1S/C17H32N4O2/c1-2-18-16(20-10-5-15(22)13-20)19-14-17(6-11-23-12-7-17)21-8-3-4-9-21/h15,22H,2-14H2,1H3,(H,18,19)/t15-/m1/s1. The van der Waals surface area contributed by atoms with Gasteiger partial charge in [-0.1, -0.05) is 0 Å². The Kier molecular flexibility index (Phi) is 5.77. The summed E-state index contributed by atoms with van der Waals surface area (Å²) in [5.74, 6) is 0.967. The van der Waals surface area contributed by atoms with E-state index < -0.39 is 0 Å². The Labute approximate surface area is 139 Å². The van der Waals surface area contributed by atoms with E-state index in [0.717, 1.165) is 58.1 Å². The van der Waals surface area contributed by atoms with Crippen molar-refractivity contribution in [3.63, 3.8) is 0 Å². The van der Waals surface area contributed by atoms with Crippen LogP contribution in [0.1, 0.15) is 39.0 Å². The van der Waals surface area contributed by atoms with Crippen molar-refractivity contribution in [1.29, 1.82) is 0 Å². The number of ether oxygens (including phenoxy) is 1. The van der Waals surface area contributed by atoms with Gasteiger partial charge < -0.3 is 20.1 Å². The summed E-state index contributed by atoms with van der Waals surface area (Å²) in [6, 6.07) is 0. The largest absolute Gasteiger partial charge is 0.391 e. The van der Waals surface area contributed by atoms with Crippen molar-refractivity contribution in [2.45, 2.75) is 50.7 Å². The molecule has 23 heavy (non-hydrogen) atoms. The van der Waals surface area contributed by atoms with Crippen molar-refractivity contribution < 1.29 is 9.84 Å². The molecule has 3 heterocycles. The SMILES string of the molecule is CCNC(=NCC1(N2CCCC2)CCOCC1)N1CC[C@@H](O)C1. The van der Waals surface area contributed by atoms with E-state index in [1.54, 1.807) is 0 Å². The lowest BCUT2D eigenvalue weighted by Crippen LogP contribution is -2.54. The third-order valence-corrected chi connectivity index (χ3v) is 5.52. The number of aliphatic hydroxyl groups is 1. The number of rotatable bonds is 4. The number of β-amino-alcohol motifs (C(OH)–C–C–N with tert-alkyl or cyclic N) is 1. The highest BCUT2D eigenvalue weighted by Crippen LogP contribution is 2.31. The molecule has 0 aromatic carbocycles. The summed E-state index contributed by atoms with van der Waals surface area (Å²) in [5, 5.41) is 13.2. The summed E-state index contributed by atoms with van der Waals surface area (Å²) in [7, 11) is 0. The van der Waals surface area contributed by atoms with Crippen LogP contribution in [0.15, 0.2) is 4.99 Å². The second kappa shape index (κ2) is 7.81. The zero-order valence-corrected chi connectivity index (χ0v) is 14.5. The van der Waals surface area contributed by atoms with Gasteiger partial charge in [0.05, 0.1) is 12.6 Å². The van der Waals surface area contributed by atoms with Gasteiger partial charge >= 0.3 is 0 Å². The van der Waals surface area contributed by atoms with E-state index in [1.165, 1.54) is 25.9 Å². The lowest BCUT2D eigenvalue weighted by Gasteiger charge is -2.43. The minimum Gasteiger partial charge on any atom is -0.391 e. The van der Waals surface area contributed by atoms with E-state index in [1.807, 2.05) is 0 Å². The van der Waals surface area contributed by atoms with Crippen molar-refractivity contribution in [3.8, 4) is 0 Å². The molecular weight excluding hydrogens is 292 g/mol. The Morgan fingerprint density at radius 2 is 2.00 bits per heavy atom. The van der Waals surface area contributed by atoms with Crippen molar-refractivity contribution in [2.75, 3.05) is 52.5 Å². The number of likely N-dealkylation sites (tertiary alicyclic amines) is 2. The second-order valence-corrected chi connectivity index (χ2v) is 7.09. The maximum atomic E-state index is 9.81. The smallest absolute Gasteiger partial charge is 0.194 e. The lowest BCUT2D eigenvalue weighted by molar-refractivity contribution is -0.0139. The molecule has 3 fully saturated rings. The fourth-order valence-electron chi connectivity index (χ4n) is 4.10. The maximum absolute atomic E-state index is 9.81. The van der Waals surface area contributed by atoms with Gasteiger partial charge in [0.2, 0.25) is 0 Å². The molecule has 132 valence electrons.